The molecular formula is C16H13BrO3. The quantitative estimate of drug-likeness (QED) is 0.621. The molecule has 1 unspecified atom stereocenters. The molecule has 4 heteroatoms. The first-order chi connectivity index (χ1) is 9.72. The molecule has 0 spiro atoms. The van der Waals surface area contributed by atoms with Crippen molar-refractivity contribution in [1.82, 2.24) is 0 Å². The highest BCUT2D eigenvalue weighted by atomic mass is 79.9. The number of epoxide rings is 1. The van der Waals surface area contributed by atoms with E-state index in [1.54, 1.807) is 12.1 Å². The smallest absolute Gasteiger partial charge is 0.193 e. The topological polar surface area (TPSA) is 38.8 Å². The lowest BCUT2D eigenvalue weighted by Gasteiger charge is -2.06. The van der Waals surface area contributed by atoms with E-state index in [-0.39, 0.29) is 11.9 Å². The fourth-order valence-electron chi connectivity index (χ4n) is 1.85. The minimum absolute atomic E-state index is 0.00313. The number of carbonyl (C=O) groups is 1. The fourth-order valence-corrected chi connectivity index (χ4v) is 2.25. The number of ketones is 1. The van der Waals surface area contributed by atoms with E-state index in [4.69, 9.17) is 9.47 Å². The van der Waals surface area contributed by atoms with E-state index >= 15 is 0 Å². The van der Waals surface area contributed by atoms with E-state index in [2.05, 4.69) is 15.9 Å². The van der Waals surface area contributed by atoms with Gasteiger partial charge in [-0.2, -0.15) is 0 Å². The lowest BCUT2D eigenvalue weighted by atomic mass is 10.0. The molecule has 1 fully saturated rings. The summed E-state index contributed by atoms with van der Waals surface area (Å²) >= 11 is 3.37. The summed E-state index contributed by atoms with van der Waals surface area (Å²) in [5, 5.41) is 0. The second-order valence-electron chi connectivity index (χ2n) is 4.63. The molecular weight excluding hydrogens is 320 g/mol. The Morgan fingerprint density at radius 1 is 1.20 bits per heavy atom. The highest BCUT2D eigenvalue weighted by Crippen LogP contribution is 2.19. The highest BCUT2D eigenvalue weighted by molar-refractivity contribution is 9.10. The average molecular weight is 333 g/mol. The van der Waals surface area contributed by atoms with Gasteiger partial charge in [-0.3, -0.25) is 4.79 Å². The summed E-state index contributed by atoms with van der Waals surface area (Å²) in [7, 11) is 0. The second kappa shape index (κ2) is 5.77. The van der Waals surface area contributed by atoms with Gasteiger partial charge in [-0.25, -0.2) is 0 Å². The normalized spacial score (nSPS) is 16.8. The Balaban J connectivity index is 1.71. The molecule has 102 valence electrons. The van der Waals surface area contributed by atoms with E-state index < -0.39 is 0 Å². The lowest BCUT2D eigenvalue weighted by Crippen LogP contribution is -2.05. The van der Waals surface area contributed by atoms with Crippen LogP contribution in [0.5, 0.6) is 5.75 Å². The summed E-state index contributed by atoms with van der Waals surface area (Å²) in [6.07, 6.45) is 0.234. The summed E-state index contributed by atoms with van der Waals surface area (Å²) in [6.45, 7) is 1.35. The first kappa shape index (κ1) is 13.3. The summed E-state index contributed by atoms with van der Waals surface area (Å²) in [5.41, 5.74) is 1.32. The molecule has 1 aliphatic heterocycles. The third kappa shape index (κ3) is 3.26. The molecule has 1 heterocycles. The Bertz CT molecular complexity index is 618. The first-order valence-corrected chi connectivity index (χ1v) is 7.16. The molecule has 0 amide bonds. The molecule has 2 aromatic carbocycles. The summed E-state index contributed by atoms with van der Waals surface area (Å²) in [5.74, 6) is 0.759. The summed E-state index contributed by atoms with van der Waals surface area (Å²) in [6, 6.07) is 14.6. The van der Waals surface area contributed by atoms with Crippen molar-refractivity contribution in [2.75, 3.05) is 13.2 Å². The van der Waals surface area contributed by atoms with Gasteiger partial charge in [0.1, 0.15) is 18.5 Å². The molecule has 1 aliphatic rings. The minimum Gasteiger partial charge on any atom is -0.491 e. The maximum atomic E-state index is 12.3. The van der Waals surface area contributed by atoms with Crippen molar-refractivity contribution in [3.8, 4) is 5.75 Å². The van der Waals surface area contributed by atoms with Crippen LogP contribution in [-0.4, -0.2) is 25.1 Å². The number of hydrogen-bond acceptors (Lipinski definition) is 3. The van der Waals surface area contributed by atoms with Gasteiger partial charge in [0.15, 0.2) is 5.78 Å². The van der Waals surface area contributed by atoms with Crippen molar-refractivity contribution in [2.45, 2.75) is 6.10 Å². The molecule has 0 saturated carbocycles. The van der Waals surface area contributed by atoms with Crippen molar-refractivity contribution in [1.29, 1.82) is 0 Å². The van der Waals surface area contributed by atoms with Crippen LogP contribution in [0.4, 0.5) is 0 Å². The van der Waals surface area contributed by atoms with Crippen LogP contribution >= 0.6 is 15.9 Å². The number of rotatable bonds is 5. The highest BCUT2D eigenvalue weighted by Gasteiger charge is 2.23. The molecule has 2 aromatic rings. The monoisotopic (exact) mass is 332 g/mol. The molecule has 1 saturated heterocycles. The Hall–Kier alpha value is -1.65. The first-order valence-electron chi connectivity index (χ1n) is 6.37. The van der Waals surface area contributed by atoms with Crippen molar-refractivity contribution in [3.63, 3.8) is 0 Å². The molecule has 0 aromatic heterocycles. The van der Waals surface area contributed by atoms with Gasteiger partial charge in [-0.15, -0.1) is 0 Å². The Morgan fingerprint density at radius 3 is 2.60 bits per heavy atom. The van der Waals surface area contributed by atoms with Gasteiger partial charge in [0.2, 0.25) is 0 Å². The van der Waals surface area contributed by atoms with Crippen LogP contribution in [0.3, 0.4) is 0 Å². The predicted octanol–water partition coefficient (Wildman–Crippen LogP) is 3.46. The predicted molar refractivity (Wildman–Crippen MR) is 79.3 cm³/mol. The third-order valence-electron chi connectivity index (χ3n) is 3.04. The largest absolute Gasteiger partial charge is 0.491 e. The molecule has 0 radical (unpaired) electrons. The molecule has 20 heavy (non-hydrogen) atoms. The maximum Gasteiger partial charge on any atom is 0.193 e. The van der Waals surface area contributed by atoms with Gasteiger partial charge in [0, 0.05) is 15.6 Å². The van der Waals surface area contributed by atoms with E-state index in [1.807, 2.05) is 36.4 Å². The molecule has 0 bridgehead atoms. The van der Waals surface area contributed by atoms with E-state index in [1.165, 1.54) is 0 Å². The Labute approximate surface area is 125 Å². The maximum absolute atomic E-state index is 12.3. The zero-order valence-electron chi connectivity index (χ0n) is 10.7. The molecule has 3 rings (SSSR count). The van der Waals surface area contributed by atoms with Gasteiger partial charge in [0.05, 0.1) is 6.61 Å². The number of ether oxygens (including phenoxy) is 2. The Morgan fingerprint density at radius 2 is 1.95 bits per heavy atom. The van der Waals surface area contributed by atoms with Crippen molar-refractivity contribution < 1.29 is 14.3 Å². The van der Waals surface area contributed by atoms with E-state index in [0.29, 0.717) is 17.7 Å². The fraction of sp³-hybridized carbons (Fsp3) is 0.188. The number of carbonyl (C=O) groups excluding carboxylic acids is 1. The zero-order valence-corrected chi connectivity index (χ0v) is 12.3. The van der Waals surface area contributed by atoms with Crippen LogP contribution in [0, 0.1) is 0 Å². The van der Waals surface area contributed by atoms with E-state index in [9.17, 15) is 4.79 Å². The van der Waals surface area contributed by atoms with Crippen LogP contribution in [0.2, 0.25) is 0 Å². The molecule has 1 atom stereocenters. The standard InChI is InChI=1S/C16H13BrO3/c17-13-3-1-2-12(8-13)16(18)11-4-6-14(7-5-11)19-9-15-10-20-15/h1-8,15H,9-10H2. The second-order valence-corrected chi connectivity index (χ2v) is 5.55. The molecule has 0 aliphatic carbocycles. The van der Waals surface area contributed by atoms with Crippen molar-refractivity contribution in [3.05, 3.63) is 64.1 Å². The van der Waals surface area contributed by atoms with Crippen LogP contribution in [0.25, 0.3) is 0 Å². The van der Waals surface area contributed by atoms with Gasteiger partial charge in [-0.1, -0.05) is 28.1 Å². The van der Waals surface area contributed by atoms with Crippen LogP contribution in [-0.2, 0) is 4.74 Å². The zero-order chi connectivity index (χ0) is 13.9. The lowest BCUT2D eigenvalue weighted by molar-refractivity contribution is 0.103. The van der Waals surface area contributed by atoms with Crippen LogP contribution < -0.4 is 4.74 Å². The number of hydrogen-bond donors (Lipinski definition) is 0. The van der Waals surface area contributed by atoms with Crippen LogP contribution in [0.15, 0.2) is 53.0 Å². The van der Waals surface area contributed by atoms with E-state index in [0.717, 1.165) is 16.8 Å². The van der Waals surface area contributed by atoms with Crippen LogP contribution in [0.1, 0.15) is 15.9 Å². The Kier molecular flexibility index (Phi) is 3.85. The average Bonchev–Trinajstić information content (AvgIpc) is 3.29. The third-order valence-corrected chi connectivity index (χ3v) is 3.53. The SMILES string of the molecule is O=C(c1ccc(OCC2CO2)cc1)c1cccc(Br)c1. The summed E-state index contributed by atoms with van der Waals surface area (Å²) < 4.78 is 11.5. The van der Waals surface area contributed by atoms with Gasteiger partial charge >= 0.3 is 0 Å². The van der Waals surface area contributed by atoms with Gasteiger partial charge < -0.3 is 9.47 Å². The van der Waals surface area contributed by atoms with Gasteiger partial charge in [-0.05, 0) is 36.4 Å². The molecule has 3 nitrogen and oxygen atoms in total. The number of halogens is 1. The van der Waals surface area contributed by atoms with Crippen molar-refractivity contribution in [2.24, 2.45) is 0 Å². The summed E-state index contributed by atoms with van der Waals surface area (Å²) in [4.78, 5) is 12.3. The minimum atomic E-state index is 0.00313. The molecule has 0 N–H and O–H groups in total. The number of benzene rings is 2. The van der Waals surface area contributed by atoms with Crippen molar-refractivity contribution >= 4 is 21.7 Å². The van der Waals surface area contributed by atoms with Gasteiger partial charge in [0.25, 0.3) is 0 Å².